The summed E-state index contributed by atoms with van der Waals surface area (Å²) in [4.78, 5) is 22.6. The van der Waals surface area contributed by atoms with E-state index in [-0.39, 0.29) is 5.78 Å². The summed E-state index contributed by atoms with van der Waals surface area (Å²) in [5.74, 6) is 5.37. The van der Waals surface area contributed by atoms with Crippen molar-refractivity contribution in [2.24, 2.45) is 5.84 Å². The fraction of sp³-hybridized carbons (Fsp3) is 0.778. The number of urea groups is 1. The van der Waals surface area contributed by atoms with E-state index in [1.54, 1.807) is 20.9 Å². The summed E-state index contributed by atoms with van der Waals surface area (Å²) in [5, 5.41) is 6.46. The molecule has 0 aromatic rings. The van der Waals surface area contributed by atoms with E-state index in [1.807, 2.05) is 0 Å². The van der Waals surface area contributed by atoms with E-state index in [2.05, 4.69) is 10.6 Å². The van der Waals surface area contributed by atoms with Crippen LogP contribution in [0.25, 0.3) is 0 Å². The highest BCUT2D eigenvalue weighted by atomic mass is 16.2. The Labute approximate surface area is 90.2 Å². The molecule has 0 unspecified atom stereocenters. The Bertz CT molecular complexity index is 240. The molecule has 0 bridgehead atoms. The summed E-state index contributed by atoms with van der Waals surface area (Å²) in [6.07, 6.45) is 0. The Morgan fingerprint density at radius 1 is 1.40 bits per heavy atom. The van der Waals surface area contributed by atoms with Crippen LogP contribution in [-0.4, -0.2) is 42.5 Å². The first-order valence-corrected chi connectivity index (χ1v) is 4.81. The van der Waals surface area contributed by atoms with Crippen molar-refractivity contribution in [2.45, 2.75) is 26.3 Å². The minimum absolute atomic E-state index is 0.113. The Balaban J connectivity index is 4.18. The van der Waals surface area contributed by atoms with Crippen molar-refractivity contribution in [1.29, 1.82) is 0 Å². The third-order valence-electron chi connectivity index (χ3n) is 2.16. The zero-order valence-electron chi connectivity index (χ0n) is 9.76. The van der Waals surface area contributed by atoms with Crippen LogP contribution in [0.1, 0.15) is 20.8 Å². The molecule has 0 radical (unpaired) electrons. The summed E-state index contributed by atoms with van der Waals surface area (Å²) in [7, 11) is 1.77. The average Bonchev–Trinajstić information content (AvgIpc) is 2.13. The van der Waals surface area contributed by atoms with Gasteiger partial charge in [-0.3, -0.25) is 9.80 Å². The van der Waals surface area contributed by atoms with E-state index in [0.717, 1.165) is 5.01 Å². The predicted molar refractivity (Wildman–Crippen MR) is 58.1 cm³/mol. The number of carbonyl (C=O) groups excluding carboxylic acids is 2. The lowest BCUT2D eigenvalue weighted by Crippen LogP contribution is -2.56. The third-order valence-corrected chi connectivity index (χ3v) is 2.16. The smallest absolute Gasteiger partial charge is 0.325 e. The Hall–Kier alpha value is -1.14. The molecule has 0 rings (SSSR count). The van der Waals surface area contributed by atoms with Gasteiger partial charge in [0.2, 0.25) is 0 Å². The van der Waals surface area contributed by atoms with E-state index < -0.39 is 11.6 Å². The van der Waals surface area contributed by atoms with Crippen LogP contribution < -0.4 is 16.5 Å². The zero-order chi connectivity index (χ0) is 12.1. The first-order chi connectivity index (χ1) is 6.81. The van der Waals surface area contributed by atoms with Crippen molar-refractivity contribution in [2.75, 3.05) is 20.1 Å². The van der Waals surface area contributed by atoms with Crippen molar-refractivity contribution >= 4 is 11.8 Å². The highest BCUT2D eigenvalue weighted by molar-refractivity contribution is 5.89. The van der Waals surface area contributed by atoms with Crippen LogP contribution in [0.15, 0.2) is 0 Å². The van der Waals surface area contributed by atoms with E-state index in [0.29, 0.717) is 13.1 Å². The van der Waals surface area contributed by atoms with Crippen LogP contribution >= 0.6 is 0 Å². The summed E-state index contributed by atoms with van der Waals surface area (Å²) in [6, 6.07) is -0.453. The number of rotatable bonds is 5. The number of nitrogens with one attached hydrogen (secondary N) is 2. The molecule has 0 aliphatic carbocycles. The predicted octanol–water partition coefficient (Wildman–Crippen LogP) is -0.541. The molecule has 0 fully saturated rings. The molecule has 0 saturated heterocycles. The summed E-state index contributed by atoms with van der Waals surface area (Å²) in [6.45, 7) is 5.69. The van der Waals surface area contributed by atoms with Gasteiger partial charge in [0.25, 0.3) is 0 Å². The standard InChI is InChI=1S/C9H20N4O2/c1-7(14)9(2,3)12-8(15)13(10)6-5-11-4/h11H,5-6,10H2,1-4H3,(H,12,15). The fourth-order valence-electron chi connectivity index (χ4n) is 0.761. The molecule has 15 heavy (non-hydrogen) atoms. The maximum Gasteiger partial charge on any atom is 0.332 e. The minimum Gasteiger partial charge on any atom is -0.325 e. The van der Waals surface area contributed by atoms with Gasteiger partial charge in [-0.25, -0.2) is 10.6 Å². The molecule has 0 atom stereocenters. The topological polar surface area (TPSA) is 87.5 Å². The van der Waals surface area contributed by atoms with Crippen LogP contribution in [0, 0.1) is 0 Å². The monoisotopic (exact) mass is 216 g/mol. The number of Topliss-reactive ketones (excluding diaryl/α,β-unsaturated/α-hetero) is 1. The van der Waals surface area contributed by atoms with Crippen molar-refractivity contribution in [1.82, 2.24) is 15.6 Å². The van der Waals surface area contributed by atoms with Gasteiger partial charge in [-0.15, -0.1) is 0 Å². The maximum absolute atomic E-state index is 11.5. The van der Waals surface area contributed by atoms with Crippen LogP contribution in [0.4, 0.5) is 4.79 Å². The Kier molecular flexibility index (Phi) is 5.24. The molecule has 6 heteroatoms. The van der Waals surface area contributed by atoms with Gasteiger partial charge in [-0.1, -0.05) is 0 Å². The molecule has 0 aliphatic heterocycles. The van der Waals surface area contributed by atoms with Crippen LogP contribution in [0.3, 0.4) is 0 Å². The lowest BCUT2D eigenvalue weighted by Gasteiger charge is -2.26. The van der Waals surface area contributed by atoms with Gasteiger partial charge in [-0.2, -0.15) is 0 Å². The number of hydrogen-bond acceptors (Lipinski definition) is 4. The molecule has 0 aromatic carbocycles. The van der Waals surface area contributed by atoms with Gasteiger partial charge >= 0.3 is 6.03 Å². The second-order valence-corrected chi connectivity index (χ2v) is 3.91. The van der Waals surface area contributed by atoms with Gasteiger partial charge in [-0.05, 0) is 27.8 Å². The van der Waals surface area contributed by atoms with Crippen molar-refractivity contribution in [3.63, 3.8) is 0 Å². The van der Waals surface area contributed by atoms with E-state index in [4.69, 9.17) is 5.84 Å². The molecule has 2 amide bonds. The van der Waals surface area contributed by atoms with E-state index in [9.17, 15) is 9.59 Å². The van der Waals surface area contributed by atoms with Crippen molar-refractivity contribution in [3.8, 4) is 0 Å². The lowest BCUT2D eigenvalue weighted by atomic mass is 10.0. The van der Waals surface area contributed by atoms with Gasteiger partial charge < -0.3 is 10.6 Å². The number of ketones is 1. The first kappa shape index (κ1) is 13.9. The normalized spacial score (nSPS) is 11.0. The second-order valence-electron chi connectivity index (χ2n) is 3.91. The summed E-state index contributed by atoms with van der Waals surface area (Å²) < 4.78 is 0. The fourth-order valence-corrected chi connectivity index (χ4v) is 0.761. The molecular weight excluding hydrogens is 196 g/mol. The molecule has 0 heterocycles. The highest BCUT2D eigenvalue weighted by Gasteiger charge is 2.26. The Morgan fingerprint density at radius 2 is 1.93 bits per heavy atom. The van der Waals surface area contributed by atoms with Crippen molar-refractivity contribution in [3.05, 3.63) is 0 Å². The SMILES string of the molecule is CNCCN(N)C(=O)NC(C)(C)C(C)=O. The lowest BCUT2D eigenvalue weighted by molar-refractivity contribution is -0.121. The third kappa shape index (κ3) is 4.75. The average molecular weight is 216 g/mol. The summed E-state index contributed by atoms with van der Waals surface area (Å²) >= 11 is 0. The van der Waals surface area contributed by atoms with Gasteiger partial charge in [0, 0.05) is 6.54 Å². The van der Waals surface area contributed by atoms with Gasteiger partial charge in [0.05, 0.1) is 12.1 Å². The van der Waals surface area contributed by atoms with Gasteiger partial charge in [0.1, 0.15) is 0 Å². The zero-order valence-corrected chi connectivity index (χ0v) is 9.76. The Morgan fingerprint density at radius 3 is 2.33 bits per heavy atom. The molecular formula is C9H20N4O2. The molecule has 6 nitrogen and oxygen atoms in total. The maximum atomic E-state index is 11.5. The quantitative estimate of drug-likeness (QED) is 0.327. The number of likely N-dealkylation sites (N-methyl/N-ethyl adjacent to an activating group) is 1. The number of nitrogens with zero attached hydrogens (tertiary/aromatic N) is 1. The minimum atomic E-state index is -0.881. The molecule has 0 saturated carbocycles. The van der Waals surface area contributed by atoms with Crippen molar-refractivity contribution < 1.29 is 9.59 Å². The first-order valence-electron chi connectivity index (χ1n) is 4.81. The molecule has 4 N–H and O–H groups in total. The number of amides is 2. The van der Waals surface area contributed by atoms with E-state index in [1.165, 1.54) is 6.92 Å². The van der Waals surface area contributed by atoms with Crippen LogP contribution in [0.5, 0.6) is 0 Å². The molecule has 88 valence electrons. The molecule has 0 aliphatic rings. The number of nitrogens with two attached hydrogens (primary N) is 1. The van der Waals surface area contributed by atoms with Crippen LogP contribution in [0.2, 0.25) is 0 Å². The number of hydrogen-bond donors (Lipinski definition) is 3. The second kappa shape index (κ2) is 5.67. The number of carbonyl (C=O) groups is 2. The largest absolute Gasteiger partial charge is 0.332 e. The number of hydrazine groups is 1. The summed E-state index contributed by atoms with van der Waals surface area (Å²) in [5.41, 5.74) is -0.881. The van der Waals surface area contributed by atoms with E-state index >= 15 is 0 Å². The van der Waals surface area contributed by atoms with Gasteiger partial charge in [0.15, 0.2) is 5.78 Å². The highest BCUT2D eigenvalue weighted by Crippen LogP contribution is 2.03. The molecule has 0 spiro atoms. The molecule has 0 aromatic heterocycles. The van der Waals surface area contributed by atoms with Crippen LogP contribution in [-0.2, 0) is 4.79 Å².